The van der Waals surface area contributed by atoms with Crippen LogP contribution >= 0.6 is 0 Å². The molecule has 0 spiro atoms. The largest absolute Gasteiger partial charge is 0.311 e. The Hall–Kier alpha value is -0.0800. The van der Waals surface area contributed by atoms with Gasteiger partial charge < -0.3 is 10.2 Å². The predicted molar refractivity (Wildman–Crippen MR) is 74.3 cm³/mol. The molecule has 2 heteroatoms. The van der Waals surface area contributed by atoms with Crippen LogP contribution in [0.3, 0.4) is 0 Å². The van der Waals surface area contributed by atoms with Gasteiger partial charge in [-0.15, -0.1) is 0 Å². The highest BCUT2D eigenvalue weighted by Gasteiger charge is 2.26. The summed E-state index contributed by atoms with van der Waals surface area (Å²) >= 11 is 0. The molecule has 2 fully saturated rings. The van der Waals surface area contributed by atoms with Gasteiger partial charge in [0.05, 0.1) is 0 Å². The van der Waals surface area contributed by atoms with E-state index < -0.39 is 0 Å². The maximum absolute atomic E-state index is 3.93. The summed E-state index contributed by atoms with van der Waals surface area (Å²) in [7, 11) is 2.26. The molecule has 0 aromatic heterocycles. The molecule has 1 saturated carbocycles. The van der Waals surface area contributed by atoms with Crippen LogP contribution in [0.2, 0.25) is 0 Å². The van der Waals surface area contributed by atoms with E-state index in [-0.39, 0.29) is 0 Å². The molecule has 1 heterocycles. The lowest BCUT2D eigenvalue weighted by Crippen LogP contribution is -2.49. The third-order valence-corrected chi connectivity index (χ3v) is 5.10. The molecule has 2 unspecified atom stereocenters. The van der Waals surface area contributed by atoms with Crippen molar-refractivity contribution in [3.63, 3.8) is 0 Å². The molecular formula is C15H30N2. The van der Waals surface area contributed by atoms with Crippen LogP contribution in [-0.2, 0) is 0 Å². The zero-order valence-corrected chi connectivity index (χ0v) is 11.9. The smallest absolute Gasteiger partial charge is 0.00966 e. The van der Waals surface area contributed by atoms with Gasteiger partial charge in [-0.25, -0.2) is 0 Å². The van der Waals surface area contributed by atoms with E-state index in [1.165, 1.54) is 51.5 Å². The van der Waals surface area contributed by atoms with Gasteiger partial charge in [-0.2, -0.15) is 0 Å². The first-order chi connectivity index (χ1) is 8.19. The standard InChI is InChI=1S/C15H30N2/c1-4-13-5-7-14(8-6-13)16-15-9-10-17(3)12(2)11-15/h12-16H,4-11H2,1-3H3. The molecule has 0 aromatic rings. The van der Waals surface area contributed by atoms with Gasteiger partial charge in [-0.3, -0.25) is 0 Å². The molecule has 1 aliphatic carbocycles. The summed E-state index contributed by atoms with van der Waals surface area (Å²) in [5, 5.41) is 3.93. The first-order valence-electron chi connectivity index (χ1n) is 7.65. The van der Waals surface area contributed by atoms with Crippen LogP contribution in [0.1, 0.15) is 58.8 Å². The number of hydrogen-bond donors (Lipinski definition) is 1. The SMILES string of the molecule is CCC1CCC(NC2CCN(C)C(C)C2)CC1. The van der Waals surface area contributed by atoms with Gasteiger partial charge in [0.2, 0.25) is 0 Å². The number of nitrogens with zero attached hydrogens (tertiary/aromatic N) is 1. The fourth-order valence-corrected chi connectivity index (χ4v) is 3.51. The van der Waals surface area contributed by atoms with Crippen molar-refractivity contribution >= 4 is 0 Å². The number of hydrogen-bond acceptors (Lipinski definition) is 2. The van der Waals surface area contributed by atoms with Crippen molar-refractivity contribution in [2.45, 2.75) is 76.9 Å². The lowest BCUT2D eigenvalue weighted by molar-refractivity contribution is 0.153. The molecule has 2 nitrogen and oxygen atoms in total. The lowest BCUT2D eigenvalue weighted by atomic mass is 9.84. The van der Waals surface area contributed by atoms with E-state index in [9.17, 15) is 0 Å². The normalized spacial score (nSPS) is 40.4. The Morgan fingerprint density at radius 2 is 1.76 bits per heavy atom. The monoisotopic (exact) mass is 238 g/mol. The molecule has 1 aliphatic heterocycles. The number of rotatable bonds is 3. The van der Waals surface area contributed by atoms with Crippen molar-refractivity contribution in [3.8, 4) is 0 Å². The first-order valence-corrected chi connectivity index (χ1v) is 7.65. The Bertz CT molecular complexity index is 221. The second-order valence-electron chi connectivity index (χ2n) is 6.34. The van der Waals surface area contributed by atoms with Gasteiger partial charge in [0.1, 0.15) is 0 Å². The number of piperidine rings is 1. The van der Waals surface area contributed by atoms with Crippen LogP contribution in [0.4, 0.5) is 0 Å². The van der Waals surface area contributed by atoms with Gasteiger partial charge in [-0.05, 0) is 65.0 Å². The zero-order valence-electron chi connectivity index (χ0n) is 11.9. The molecule has 2 aliphatic rings. The second kappa shape index (κ2) is 6.19. The molecular weight excluding hydrogens is 208 g/mol. The highest BCUT2D eigenvalue weighted by Crippen LogP contribution is 2.27. The summed E-state index contributed by atoms with van der Waals surface area (Å²) in [5.74, 6) is 1.02. The molecule has 2 rings (SSSR count). The van der Waals surface area contributed by atoms with E-state index in [2.05, 4.69) is 31.1 Å². The van der Waals surface area contributed by atoms with E-state index in [0.29, 0.717) is 0 Å². The van der Waals surface area contributed by atoms with Crippen LogP contribution in [-0.4, -0.2) is 36.6 Å². The molecule has 1 N–H and O–H groups in total. The van der Waals surface area contributed by atoms with Gasteiger partial charge in [0.25, 0.3) is 0 Å². The Kier molecular flexibility index (Phi) is 4.87. The highest BCUT2D eigenvalue weighted by atomic mass is 15.1. The van der Waals surface area contributed by atoms with Crippen LogP contribution in [0.5, 0.6) is 0 Å². The van der Waals surface area contributed by atoms with Crippen molar-refractivity contribution in [2.24, 2.45) is 5.92 Å². The van der Waals surface area contributed by atoms with Gasteiger partial charge in [0.15, 0.2) is 0 Å². The quantitative estimate of drug-likeness (QED) is 0.813. The summed E-state index contributed by atoms with van der Waals surface area (Å²) in [6, 6.07) is 2.36. The Balaban J connectivity index is 1.71. The van der Waals surface area contributed by atoms with Crippen LogP contribution in [0, 0.1) is 5.92 Å². The van der Waals surface area contributed by atoms with Crippen LogP contribution in [0.15, 0.2) is 0 Å². The van der Waals surface area contributed by atoms with E-state index >= 15 is 0 Å². The fourth-order valence-electron chi connectivity index (χ4n) is 3.51. The lowest BCUT2D eigenvalue weighted by Gasteiger charge is -2.38. The minimum absolute atomic E-state index is 0.758. The zero-order chi connectivity index (χ0) is 12.3. The molecule has 0 bridgehead atoms. The average Bonchev–Trinajstić information content (AvgIpc) is 2.35. The molecule has 100 valence electrons. The fraction of sp³-hybridized carbons (Fsp3) is 1.00. The minimum Gasteiger partial charge on any atom is -0.311 e. The van der Waals surface area contributed by atoms with Crippen LogP contribution in [0.25, 0.3) is 0 Å². The average molecular weight is 238 g/mol. The van der Waals surface area contributed by atoms with E-state index in [1.807, 2.05) is 0 Å². The van der Waals surface area contributed by atoms with Gasteiger partial charge in [0, 0.05) is 18.1 Å². The summed E-state index contributed by atoms with van der Waals surface area (Å²) in [6.45, 7) is 5.97. The number of likely N-dealkylation sites (tertiary alicyclic amines) is 1. The summed E-state index contributed by atoms with van der Waals surface area (Å²) < 4.78 is 0. The number of nitrogens with one attached hydrogen (secondary N) is 1. The molecule has 1 saturated heterocycles. The molecule has 0 amide bonds. The molecule has 0 radical (unpaired) electrons. The summed E-state index contributed by atoms with van der Waals surface area (Å²) in [6.07, 6.45) is 9.81. The third kappa shape index (κ3) is 3.69. The van der Waals surface area contributed by atoms with E-state index in [4.69, 9.17) is 0 Å². The van der Waals surface area contributed by atoms with Crippen LogP contribution < -0.4 is 5.32 Å². The van der Waals surface area contributed by atoms with Crippen molar-refractivity contribution in [1.29, 1.82) is 0 Å². The maximum atomic E-state index is 3.93. The Morgan fingerprint density at radius 3 is 2.35 bits per heavy atom. The van der Waals surface area contributed by atoms with Crippen molar-refractivity contribution in [3.05, 3.63) is 0 Å². The van der Waals surface area contributed by atoms with Gasteiger partial charge >= 0.3 is 0 Å². The maximum Gasteiger partial charge on any atom is 0.00966 e. The predicted octanol–water partition coefficient (Wildman–Crippen LogP) is 3.03. The summed E-state index contributed by atoms with van der Waals surface area (Å²) in [4.78, 5) is 2.49. The van der Waals surface area contributed by atoms with E-state index in [0.717, 1.165) is 24.0 Å². The second-order valence-corrected chi connectivity index (χ2v) is 6.34. The summed E-state index contributed by atoms with van der Waals surface area (Å²) in [5.41, 5.74) is 0. The highest BCUT2D eigenvalue weighted by molar-refractivity contribution is 4.85. The Labute approximate surface area is 107 Å². The van der Waals surface area contributed by atoms with Crippen molar-refractivity contribution in [1.82, 2.24) is 10.2 Å². The van der Waals surface area contributed by atoms with Crippen molar-refractivity contribution < 1.29 is 0 Å². The first kappa shape index (κ1) is 13.4. The van der Waals surface area contributed by atoms with Crippen molar-refractivity contribution in [2.75, 3.05) is 13.6 Å². The molecule has 17 heavy (non-hydrogen) atoms. The topological polar surface area (TPSA) is 15.3 Å². The molecule has 0 aromatic carbocycles. The molecule has 2 atom stereocenters. The van der Waals surface area contributed by atoms with Gasteiger partial charge in [-0.1, -0.05) is 13.3 Å². The third-order valence-electron chi connectivity index (χ3n) is 5.10. The van der Waals surface area contributed by atoms with E-state index in [1.54, 1.807) is 0 Å². The Morgan fingerprint density at radius 1 is 1.06 bits per heavy atom. The minimum atomic E-state index is 0.758.